The molecule has 1 aliphatic rings. The first-order valence-electron chi connectivity index (χ1n) is 8.82. The zero-order valence-electron chi connectivity index (χ0n) is 14.6. The molecular weight excluding hydrogens is 324 g/mol. The van der Waals surface area contributed by atoms with E-state index in [4.69, 9.17) is 10.8 Å². The molecular formula is C19H31ClN2O2. The number of amides is 1. The minimum Gasteiger partial charge on any atom is -0.396 e. The smallest absolute Gasteiger partial charge is 0.240 e. The van der Waals surface area contributed by atoms with Crippen LogP contribution in [0.15, 0.2) is 24.3 Å². The third kappa shape index (κ3) is 6.08. The van der Waals surface area contributed by atoms with E-state index in [2.05, 4.69) is 31.2 Å². The summed E-state index contributed by atoms with van der Waals surface area (Å²) in [5, 5.41) is 9.12. The normalized spacial score (nSPS) is 16.3. The third-order valence-electron chi connectivity index (χ3n) is 4.83. The van der Waals surface area contributed by atoms with E-state index < -0.39 is 6.04 Å². The maximum atomic E-state index is 12.8. The largest absolute Gasteiger partial charge is 0.396 e. The van der Waals surface area contributed by atoms with Crippen molar-refractivity contribution in [3.05, 3.63) is 35.4 Å². The number of hydrogen-bond acceptors (Lipinski definition) is 3. The molecule has 1 amide bonds. The summed E-state index contributed by atoms with van der Waals surface area (Å²) in [5.41, 5.74) is 8.61. The standard InChI is InChI=1S/C19H30N2O2.ClH/c1-15-8-10-16(11-9-15)14-21(12-5-13-22)19(23)18(20)17-6-3-2-4-7-17;/h8-11,17-18,22H,2-7,12-14,20H2,1H3;1H/t18-;/m0./s1. The molecule has 1 atom stereocenters. The second kappa shape index (κ2) is 10.7. The molecule has 0 saturated heterocycles. The molecule has 3 N–H and O–H groups in total. The predicted molar refractivity (Wildman–Crippen MR) is 100 cm³/mol. The van der Waals surface area contributed by atoms with Gasteiger partial charge in [-0.2, -0.15) is 0 Å². The van der Waals surface area contributed by atoms with Crippen LogP contribution in [0.25, 0.3) is 0 Å². The van der Waals surface area contributed by atoms with Crippen molar-refractivity contribution in [3.63, 3.8) is 0 Å². The fraction of sp³-hybridized carbons (Fsp3) is 0.632. The lowest BCUT2D eigenvalue weighted by Gasteiger charge is -2.31. The lowest BCUT2D eigenvalue weighted by molar-refractivity contribution is -0.135. The monoisotopic (exact) mass is 354 g/mol. The highest BCUT2D eigenvalue weighted by Gasteiger charge is 2.29. The Morgan fingerprint density at radius 1 is 1.25 bits per heavy atom. The quantitative estimate of drug-likeness (QED) is 0.790. The van der Waals surface area contributed by atoms with Crippen LogP contribution < -0.4 is 5.73 Å². The van der Waals surface area contributed by atoms with E-state index >= 15 is 0 Å². The first-order chi connectivity index (χ1) is 11.1. The van der Waals surface area contributed by atoms with Crippen LogP contribution in [0.5, 0.6) is 0 Å². The molecule has 0 radical (unpaired) electrons. The number of halogens is 1. The minimum atomic E-state index is -0.403. The van der Waals surface area contributed by atoms with Gasteiger partial charge in [0, 0.05) is 19.7 Å². The molecule has 0 aliphatic heterocycles. The Balaban J connectivity index is 0.00000288. The van der Waals surface area contributed by atoms with E-state index in [0.29, 0.717) is 25.4 Å². The van der Waals surface area contributed by atoms with Gasteiger partial charge in [-0.3, -0.25) is 4.79 Å². The Morgan fingerprint density at radius 3 is 2.46 bits per heavy atom. The van der Waals surface area contributed by atoms with Gasteiger partial charge in [0.1, 0.15) is 0 Å². The summed E-state index contributed by atoms with van der Waals surface area (Å²) in [6.45, 7) is 3.27. The van der Waals surface area contributed by atoms with Crippen LogP contribution in [0.1, 0.15) is 49.7 Å². The topological polar surface area (TPSA) is 66.6 Å². The van der Waals surface area contributed by atoms with Crippen LogP contribution >= 0.6 is 12.4 Å². The summed E-state index contributed by atoms with van der Waals surface area (Å²) in [7, 11) is 0. The van der Waals surface area contributed by atoms with Gasteiger partial charge < -0.3 is 15.7 Å². The molecule has 1 aromatic rings. The molecule has 2 rings (SSSR count). The number of nitrogens with two attached hydrogens (primary N) is 1. The SMILES string of the molecule is Cc1ccc(CN(CCCO)C(=O)[C@@H](N)C2CCCCC2)cc1.Cl. The molecule has 1 aromatic carbocycles. The number of carbonyl (C=O) groups is 1. The number of aliphatic hydroxyl groups excluding tert-OH is 1. The average Bonchev–Trinajstić information content (AvgIpc) is 2.59. The number of nitrogens with zero attached hydrogens (tertiary/aromatic N) is 1. The number of carbonyl (C=O) groups excluding carboxylic acids is 1. The lowest BCUT2D eigenvalue weighted by atomic mass is 9.83. The number of aryl methyl sites for hydroxylation is 1. The van der Waals surface area contributed by atoms with Crippen molar-refractivity contribution in [1.82, 2.24) is 4.90 Å². The van der Waals surface area contributed by atoms with E-state index in [1.54, 1.807) is 0 Å². The fourth-order valence-corrected chi connectivity index (χ4v) is 3.35. The van der Waals surface area contributed by atoms with Crippen LogP contribution in [0, 0.1) is 12.8 Å². The van der Waals surface area contributed by atoms with Gasteiger partial charge in [0.25, 0.3) is 0 Å². The maximum Gasteiger partial charge on any atom is 0.240 e. The minimum absolute atomic E-state index is 0. The summed E-state index contributed by atoms with van der Waals surface area (Å²) < 4.78 is 0. The maximum absolute atomic E-state index is 12.8. The first-order valence-corrected chi connectivity index (χ1v) is 8.82. The summed E-state index contributed by atoms with van der Waals surface area (Å²) in [6, 6.07) is 7.83. The van der Waals surface area contributed by atoms with Gasteiger partial charge in [-0.1, -0.05) is 49.1 Å². The van der Waals surface area contributed by atoms with Crippen molar-refractivity contribution in [2.45, 2.75) is 58.0 Å². The van der Waals surface area contributed by atoms with Gasteiger partial charge in [-0.05, 0) is 37.7 Å². The van der Waals surface area contributed by atoms with Gasteiger partial charge in [0.15, 0.2) is 0 Å². The zero-order valence-corrected chi connectivity index (χ0v) is 15.4. The Bertz CT molecular complexity index is 487. The van der Waals surface area contributed by atoms with Crippen LogP contribution in [0.3, 0.4) is 0 Å². The van der Waals surface area contributed by atoms with Crippen LogP contribution in [-0.2, 0) is 11.3 Å². The van der Waals surface area contributed by atoms with Crippen molar-refractivity contribution in [2.24, 2.45) is 11.7 Å². The van der Waals surface area contributed by atoms with Crippen LogP contribution in [0.4, 0.5) is 0 Å². The summed E-state index contributed by atoms with van der Waals surface area (Å²) in [6.07, 6.45) is 6.33. The molecule has 136 valence electrons. The van der Waals surface area contributed by atoms with Gasteiger partial charge >= 0.3 is 0 Å². The molecule has 24 heavy (non-hydrogen) atoms. The number of benzene rings is 1. The number of hydrogen-bond donors (Lipinski definition) is 2. The molecule has 0 aromatic heterocycles. The van der Waals surface area contributed by atoms with Crippen molar-refractivity contribution in [2.75, 3.05) is 13.2 Å². The van der Waals surface area contributed by atoms with Crippen LogP contribution in [-0.4, -0.2) is 35.1 Å². The Labute approximate surface area is 151 Å². The lowest BCUT2D eigenvalue weighted by Crippen LogP contribution is -2.48. The molecule has 0 unspecified atom stereocenters. The molecule has 4 nitrogen and oxygen atoms in total. The van der Waals surface area contributed by atoms with E-state index in [1.807, 2.05) is 4.90 Å². The molecule has 0 bridgehead atoms. The van der Waals surface area contributed by atoms with E-state index in [-0.39, 0.29) is 24.9 Å². The second-order valence-electron chi connectivity index (χ2n) is 6.75. The van der Waals surface area contributed by atoms with E-state index in [0.717, 1.165) is 18.4 Å². The highest BCUT2D eigenvalue weighted by molar-refractivity contribution is 5.85. The van der Waals surface area contributed by atoms with Gasteiger partial charge in [-0.15, -0.1) is 12.4 Å². The summed E-state index contributed by atoms with van der Waals surface area (Å²) in [5.74, 6) is 0.344. The van der Waals surface area contributed by atoms with Crippen LogP contribution in [0.2, 0.25) is 0 Å². The molecule has 0 spiro atoms. The molecule has 5 heteroatoms. The molecule has 0 heterocycles. The highest BCUT2D eigenvalue weighted by atomic mass is 35.5. The number of aliphatic hydroxyl groups is 1. The van der Waals surface area contributed by atoms with Crippen molar-refractivity contribution in [1.29, 1.82) is 0 Å². The van der Waals surface area contributed by atoms with E-state index in [1.165, 1.54) is 24.8 Å². The predicted octanol–water partition coefficient (Wildman–Crippen LogP) is 3.04. The second-order valence-corrected chi connectivity index (χ2v) is 6.75. The Hall–Kier alpha value is -1.10. The molecule has 1 saturated carbocycles. The highest BCUT2D eigenvalue weighted by Crippen LogP contribution is 2.26. The summed E-state index contributed by atoms with van der Waals surface area (Å²) >= 11 is 0. The van der Waals surface area contributed by atoms with Crippen molar-refractivity contribution < 1.29 is 9.90 Å². The van der Waals surface area contributed by atoms with Gasteiger partial charge in [0.05, 0.1) is 6.04 Å². The zero-order chi connectivity index (χ0) is 16.7. The van der Waals surface area contributed by atoms with E-state index in [9.17, 15) is 4.79 Å². The Morgan fingerprint density at radius 2 is 1.88 bits per heavy atom. The fourth-order valence-electron chi connectivity index (χ4n) is 3.35. The molecule has 1 fully saturated rings. The van der Waals surface area contributed by atoms with Gasteiger partial charge in [0.2, 0.25) is 5.91 Å². The molecule has 1 aliphatic carbocycles. The van der Waals surface area contributed by atoms with Crippen molar-refractivity contribution in [3.8, 4) is 0 Å². The Kier molecular flexibility index (Phi) is 9.34. The third-order valence-corrected chi connectivity index (χ3v) is 4.83. The number of rotatable bonds is 7. The first kappa shape index (κ1) is 20.9. The van der Waals surface area contributed by atoms with Gasteiger partial charge in [-0.25, -0.2) is 0 Å². The average molecular weight is 355 g/mol. The summed E-state index contributed by atoms with van der Waals surface area (Å²) in [4.78, 5) is 14.7. The van der Waals surface area contributed by atoms with Crippen molar-refractivity contribution >= 4 is 18.3 Å².